The Labute approximate surface area is 96.5 Å². The number of rotatable bonds is 0. The molecule has 0 unspecified atom stereocenters. The molecular formula is C9H22OY. The van der Waals surface area contributed by atoms with Gasteiger partial charge in [-0.05, 0) is 5.92 Å². The summed E-state index contributed by atoms with van der Waals surface area (Å²) in [7, 11) is 0. The quantitative estimate of drug-likeness (QED) is 0.618. The van der Waals surface area contributed by atoms with Crippen molar-refractivity contribution in [2.75, 3.05) is 0 Å². The van der Waals surface area contributed by atoms with E-state index in [1.807, 2.05) is 13.8 Å². The van der Waals surface area contributed by atoms with Crippen LogP contribution in [-0.2, 0) is 32.7 Å². The molecule has 0 aromatic carbocycles. The zero-order valence-corrected chi connectivity index (χ0v) is 11.0. The Balaban J connectivity index is -0.000000149. The minimum Gasteiger partial charge on any atom is -0.412 e. The van der Waals surface area contributed by atoms with E-state index in [0.29, 0.717) is 0 Å². The van der Waals surface area contributed by atoms with Crippen LogP contribution in [0.1, 0.15) is 52.9 Å². The van der Waals surface area contributed by atoms with Crippen LogP contribution >= 0.6 is 0 Å². The molecule has 0 atom stereocenters. The first-order valence-electron chi connectivity index (χ1n) is 4.39. The van der Waals surface area contributed by atoms with Crippen molar-refractivity contribution in [2.24, 2.45) is 5.92 Å². The Morgan fingerprint density at radius 2 is 1.27 bits per heavy atom. The van der Waals surface area contributed by atoms with Gasteiger partial charge in [-0.25, -0.2) is 0 Å². The van der Waals surface area contributed by atoms with Crippen LogP contribution < -0.4 is 0 Å². The molecule has 0 spiro atoms. The van der Waals surface area contributed by atoms with Crippen molar-refractivity contribution >= 4 is 0 Å². The zero-order chi connectivity index (χ0) is 7.11. The van der Waals surface area contributed by atoms with E-state index in [0.717, 1.165) is 5.92 Å². The first-order chi connectivity index (χ1) is 4.39. The molecule has 2 heteroatoms. The maximum Gasteiger partial charge on any atom is 0 e. The molecule has 0 bridgehead atoms. The molecule has 0 amide bonds. The molecule has 1 saturated carbocycles. The van der Waals surface area contributed by atoms with Gasteiger partial charge in [0.15, 0.2) is 0 Å². The van der Waals surface area contributed by atoms with Gasteiger partial charge >= 0.3 is 0 Å². The summed E-state index contributed by atoms with van der Waals surface area (Å²) >= 11 is 0. The van der Waals surface area contributed by atoms with Crippen LogP contribution in [0.4, 0.5) is 0 Å². The van der Waals surface area contributed by atoms with E-state index < -0.39 is 0 Å². The van der Waals surface area contributed by atoms with Crippen molar-refractivity contribution in [3.8, 4) is 0 Å². The number of hydrogen-bond donors (Lipinski definition) is 0. The second-order valence-electron chi connectivity index (χ2n) is 2.74. The summed E-state index contributed by atoms with van der Waals surface area (Å²) in [4.78, 5) is 0. The molecule has 67 valence electrons. The summed E-state index contributed by atoms with van der Waals surface area (Å²) in [5, 5.41) is 0. The molecule has 1 aliphatic carbocycles. The molecule has 1 fully saturated rings. The maximum absolute atomic E-state index is 2.36. The average Bonchev–Trinajstić information content (AvgIpc) is 1.94. The summed E-state index contributed by atoms with van der Waals surface area (Å²) < 4.78 is 0. The van der Waals surface area contributed by atoms with Gasteiger partial charge in [0.1, 0.15) is 0 Å². The van der Waals surface area contributed by atoms with Crippen molar-refractivity contribution in [3.63, 3.8) is 0 Å². The van der Waals surface area contributed by atoms with Crippen molar-refractivity contribution in [1.82, 2.24) is 0 Å². The summed E-state index contributed by atoms with van der Waals surface area (Å²) in [5.41, 5.74) is 0. The van der Waals surface area contributed by atoms with Crippen molar-refractivity contribution < 1.29 is 38.2 Å². The summed E-state index contributed by atoms with van der Waals surface area (Å²) in [6.07, 6.45) is 7.44. The van der Waals surface area contributed by atoms with Gasteiger partial charge in [0.2, 0.25) is 0 Å². The molecule has 11 heavy (non-hydrogen) atoms. The molecule has 0 heterocycles. The average molecular weight is 235 g/mol. The fraction of sp³-hybridized carbons (Fsp3) is 1.00. The Hall–Kier alpha value is 1.06. The molecule has 2 N–H and O–H groups in total. The summed E-state index contributed by atoms with van der Waals surface area (Å²) in [6.45, 7) is 6.36. The largest absolute Gasteiger partial charge is 0.412 e. The van der Waals surface area contributed by atoms with Crippen LogP contribution in [0.25, 0.3) is 0 Å². The van der Waals surface area contributed by atoms with Crippen molar-refractivity contribution in [2.45, 2.75) is 52.9 Å². The standard InChI is InChI=1S/C7H14.C2H6.H2O.Y/c1-7-5-3-2-4-6-7;1-2;;/h7H,2-6H2,1H3;1-2H3;1H2;. The first kappa shape index (κ1) is 18.0. The molecule has 1 aliphatic rings. The smallest absolute Gasteiger partial charge is 0 e. The van der Waals surface area contributed by atoms with E-state index >= 15 is 0 Å². The SMILES string of the molecule is CC.CC1CCCCC1.O.[Y]. The summed E-state index contributed by atoms with van der Waals surface area (Å²) in [6, 6.07) is 0. The molecule has 1 radical (unpaired) electrons. The molecule has 0 aromatic rings. The molecule has 0 saturated heterocycles. The predicted molar refractivity (Wildman–Crippen MR) is 47.2 cm³/mol. The molecule has 0 aliphatic heterocycles. The van der Waals surface area contributed by atoms with Crippen LogP contribution in [-0.4, -0.2) is 5.48 Å². The van der Waals surface area contributed by atoms with Gasteiger partial charge < -0.3 is 5.48 Å². The number of hydrogen-bond acceptors (Lipinski definition) is 0. The van der Waals surface area contributed by atoms with E-state index in [1.54, 1.807) is 0 Å². The summed E-state index contributed by atoms with van der Waals surface area (Å²) in [5.74, 6) is 1.04. The normalized spacial score (nSPS) is 16.6. The van der Waals surface area contributed by atoms with Gasteiger partial charge in [-0.3, -0.25) is 0 Å². The van der Waals surface area contributed by atoms with Gasteiger partial charge in [0.05, 0.1) is 0 Å². The van der Waals surface area contributed by atoms with Crippen LogP contribution in [0.3, 0.4) is 0 Å². The topological polar surface area (TPSA) is 31.5 Å². The molecule has 0 aromatic heterocycles. The monoisotopic (exact) mass is 235 g/mol. The van der Waals surface area contributed by atoms with Crippen molar-refractivity contribution in [1.29, 1.82) is 0 Å². The van der Waals surface area contributed by atoms with Crippen LogP contribution in [0.5, 0.6) is 0 Å². The van der Waals surface area contributed by atoms with Gasteiger partial charge in [0.25, 0.3) is 0 Å². The maximum atomic E-state index is 2.36. The van der Waals surface area contributed by atoms with Gasteiger partial charge in [-0.1, -0.05) is 52.9 Å². The third-order valence-electron chi connectivity index (χ3n) is 1.89. The minimum atomic E-state index is 0. The Bertz CT molecular complexity index is 51.5. The van der Waals surface area contributed by atoms with Gasteiger partial charge in [-0.15, -0.1) is 0 Å². The van der Waals surface area contributed by atoms with E-state index in [4.69, 9.17) is 0 Å². The van der Waals surface area contributed by atoms with Crippen LogP contribution in [0, 0.1) is 5.92 Å². The van der Waals surface area contributed by atoms with E-state index in [9.17, 15) is 0 Å². The van der Waals surface area contributed by atoms with Gasteiger partial charge in [0, 0.05) is 32.7 Å². The minimum absolute atomic E-state index is 0. The van der Waals surface area contributed by atoms with Crippen LogP contribution in [0.15, 0.2) is 0 Å². The van der Waals surface area contributed by atoms with E-state index in [1.165, 1.54) is 32.1 Å². The predicted octanol–water partition coefficient (Wildman–Crippen LogP) is 2.79. The molecular weight excluding hydrogens is 213 g/mol. The van der Waals surface area contributed by atoms with Crippen LogP contribution in [0.2, 0.25) is 0 Å². The Morgan fingerprint density at radius 1 is 0.909 bits per heavy atom. The Morgan fingerprint density at radius 3 is 1.45 bits per heavy atom. The molecule has 1 rings (SSSR count). The fourth-order valence-corrected chi connectivity index (χ4v) is 1.31. The molecule has 1 nitrogen and oxygen atoms in total. The Kier molecular flexibility index (Phi) is 22.3. The van der Waals surface area contributed by atoms with E-state index in [-0.39, 0.29) is 38.2 Å². The third kappa shape index (κ3) is 11.1. The fourth-order valence-electron chi connectivity index (χ4n) is 1.31. The second kappa shape index (κ2) is 13.6. The first-order valence-corrected chi connectivity index (χ1v) is 4.39. The zero-order valence-electron chi connectivity index (χ0n) is 8.19. The van der Waals surface area contributed by atoms with Gasteiger partial charge in [-0.2, -0.15) is 0 Å². The van der Waals surface area contributed by atoms with E-state index in [2.05, 4.69) is 6.92 Å². The second-order valence-corrected chi connectivity index (χ2v) is 2.74. The van der Waals surface area contributed by atoms with Crippen molar-refractivity contribution in [3.05, 3.63) is 0 Å². The third-order valence-corrected chi connectivity index (χ3v) is 1.89.